The Morgan fingerprint density at radius 3 is 2.70 bits per heavy atom. The second kappa shape index (κ2) is 8.95. The average molecular weight is 283 g/mol. The van der Waals surface area contributed by atoms with Crippen LogP contribution in [0.3, 0.4) is 0 Å². The van der Waals surface area contributed by atoms with Gasteiger partial charge in [0.05, 0.1) is 6.54 Å². The van der Waals surface area contributed by atoms with Crippen LogP contribution in [0.15, 0.2) is 0 Å². The van der Waals surface area contributed by atoms with Crippen molar-refractivity contribution in [3.05, 3.63) is 0 Å². The molecule has 2 amide bonds. The summed E-state index contributed by atoms with van der Waals surface area (Å²) < 4.78 is 0. The maximum atomic E-state index is 12.6. The number of nitrogens with zero attached hydrogens (tertiary/aromatic N) is 1. The lowest BCUT2D eigenvalue weighted by molar-refractivity contribution is -0.140. The molecule has 0 aromatic heterocycles. The molecule has 0 heterocycles. The third-order valence-electron chi connectivity index (χ3n) is 4.13. The van der Waals surface area contributed by atoms with Crippen molar-refractivity contribution in [2.24, 2.45) is 17.6 Å². The zero-order valence-corrected chi connectivity index (χ0v) is 12.9. The summed E-state index contributed by atoms with van der Waals surface area (Å²) in [5.41, 5.74) is 5.62. The number of amides is 2. The minimum absolute atomic E-state index is 0.0801. The molecule has 1 saturated carbocycles. The van der Waals surface area contributed by atoms with Crippen LogP contribution in [-0.4, -0.2) is 43.4 Å². The minimum Gasteiger partial charge on any atom is -0.358 e. The number of nitrogens with two attached hydrogens (primary N) is 1. The molecule has 0 bridgehead atoms. The monoisotopic (exact) mass is 283 g/mol. The van der Waals surface area contributed by atoms with Gasteiger partial charge in [-0.2, -0.15) is 0 Å². The van der Waals surface area contributed by atoms with Crippen LogP contribution < -0.4 is 11.1 Å². The molecular weight excluding hydrogens is 254 g/mol. The van der Waals surface area contributed by atoms with Crippen molar-refractivity contribution in [3.8, 4) is 0 Å². The molecule has 0 aliphatic heterocycles. The van der Waals surface area contributed by atoms with Crippen LogP contribution >= 0.6 is 0 Å². The van der Waals surface area contributed by atoms with Crippen LogP contribution in [0.25, 0.3) is 0 Å². The molecule has 3 N–H and O–H groups in total. The summed E-state index contributed by atoms with van der Waals surface area (Å²) in [4.78, 5) is 25.9. The van der Waals surface area contributed by atoms with Crippen LogP contribution in [0.5, 0.6) is 0 Å². The van der Waals surface area contributed by atoms with Crippen molar-refractivity contribution in [1.82, 2.24) is 10.2 Å². The first-order valence-electron chi connectivity index (χ1n) is 7.81. The first kappa shape index (κ1) is 17.0. The molecule has 1 rings (SSSR count). The number of nitrogens with one attached hydrogen (secondary N) is 1. The third-order valence-corrected chi connectivity index (χ3v) is 4.13. The van der Waals surface area contributed by atoms with Gasteiger partial charge in [0.25, 0.3) is 0 Å². The standard InChI is InChI=1S/C15H29N3O2/c1-3-9-18(11-14(19)17-2)15(20)13-6-4-5-12(10-13)7-8-16/h12-13H,3-11,16H2,1-2H3,(H,17,19). The first-order chi connectivity index (χ1) is 9.62. The molecule has 1 aliphatic carbocycles. The number of rotatable bonds is 7. The van der Waals surface area contributed by atoms with Gasteiger partial charge >= 0.3 is 0 Å². The summed E-state index contributed by atoms with van der Waals surface area (Å²) >= 11 is 0. The lowest BCUT2D eigenvalue weighted by Crippen LogP contribution is -2.44. The number of carbonyl (C=O) groups excluding carboxylic acids is 2. The Morgan fingerprint density at radius 1 is 1.35 bits per heavy atom. The SMILES string of the molecule is CCCN(CC(=O)NC)C(=O)C1CCCC(CCN)C1. The Balaban J connectivity index is 2.60. The van der Waals surface area contributed by atoms with Gasteiger partial charge in [-0.25, -0.2) is 0 Å². The molecule has 0 radical (unpaired) electrons. The van der Waals surface area contributed by atoms with E-state index in [1.807, 2.05) is 6.92 Å². The Hall–Kier alpha value is -1.10. The fraction of sp³-hybridized carbons (Fsp3) is 0.867. The van der Waals surface area contributed by atoms with Gasteiger partial charge in [-0.3, -0.25) is 9.59 Å². The summed E-state index contributed by atoms with van der Waals surface area (Å²) in [7, 11) is 1.61. The Kier molecular flexibility index (Phi) is 7.59. The van der Waals surface area contributed by atoms with Gasteiger partial charge < -0.3 is 16.0 Å². The van der Waals surface area contributed by atoms with E-state index in [0.717, 1.165) is 32.1 Å². The molecular formula is C15H29N3O2. The van der Waals surface area contributed by atoms with Crippen molar-refractivity contribution in [1.29, 1.82) is 0 Å². The Bertz CT molecular complexity index is 318. The second-order valence-electron chi connectivity index (χ2n) is 5.74. The molecule has 116 valence electrons. The molecule has 1 aliphatic rings. The van der Waals surface area contributed by atoms with Gasteiger partial charge in [-0.05, 0) is 38.1 Å². The summed E-state index contributed by atoms with van der Waals surface area (Å²) in [6.45, 7) is 3.57. The van der Waals surface area contributed by atoms with E-state index >= 15 is 0 Å². The van der Waals surface area contributed by atoms with Crippen molar-refractivity contribution >= 4 is 11.8 Å². The topological polar surface area (TPSA) is 75.4 Å². The van der Waals surface area contributed by atoms with E-state index in [4.69, 9.17) is 5.73 Å². The number of likely N-dealkylation sites (N-methyl/N-ethyl adjacent to an activating group) is 1. The van der Waals surface area contributed by atoms with Gasteiger partial charge in [0.15, 0.2) is 0 Å². The zero-order valence-electron chi connectivity index (χ0n) is 12.9. The molecule has 1 fully saturated rings. The highest BCUT2D eigenvalue weighted by atomic mass is 16.2. The van der Waals surface area contributed by atoms with Crippen LogP contribution in [0.4, 0.5) is 0 Å². The molecule has 2 atom stereocenters. The van der Waals surface area contributed by atoms with E-state index in [9.17, 15) is 9.59 Å². The third kappa shape index (κ3) is 5.12. The lowest BCUT2D eigenvalue weighted by Gasteiger charge is -2.32. The smallest absolute Gasteiger partial charge is 0.239 e. The van der Waals surface area contributed by atoms with Gasteiger partial charge in [0.1, 0.15) is 0 Å². The summed E-state index contributed by atoms with van der Waals surface area (Å²) in [5, 5.41) is 2.59. The fourth-order valence-electron chi connectivity index (χ4n) is 3.06. The van der Waals surface area contributed by atoms with Gasteiger partial charge in [-0.1, -0.05) is 19.8 Å². The summed E-state index contributed by atoms with van der Waals surface area (Å²) in [6, 6.07) is 0. The maximum absolute atomic E-state index is 12.6. The molecule has 20 heavy (non-hydrogen) atoms. The fourth-order valence-corrected chi connectivity index (χ4v) is 3.06. The molecule has 0 spiro atoms. The van der Waals surface area contributed by atoms with E-state index < -0.39 is 0 Å². The van der Waals surface area contributed by atoms with Crippen LogP contribution in [0.2, 0.25) is 0 Å². The van der Waals surface area contributed by atoms with Crippen molar-refractivity contribution in [2.75, 3.05) is 26.7 Å². The highest BCUT2D eigenvalue weighted by molar-refractivity contribution is 5.85. The normalized spacial score (nSPS) is 22.4. The number of carbonyl (C=O) groups is 2. The molecule has 0 aromatic carbocycles. The highest BCUT2D eigenvalue weighted by Crippen LogP contribution is 2.32. The largest absolute Gasteiger partial charge is 0.358 e. The van der Waals surface area contributed by atoms with E-state index in [2.05, 4.69) is 5.32 Å². The quantitative estimate of drug-likeness (QED) is 0.735. The molecule has 0 saturated heterocycles. The van der Waals surface area contributed by atoms with E-state index in [-0.39, 0.29) is 24.3 Å². The average Bonchev–Trinajstić information content (AvgIpc) is 2.46. The minimum atomic E-state index is -0.0962. The maximum Gasteiger partial charge on any atom is 0.239 e. The van der Waals surface area contributed by atoms with Crippen LogP contribution in [0, 0.1) is 11.8 Å². The first-order valence-corrected chi connectivity index (χ1v) is 7.81. The number of hydrogen-bond acceptors (Lipinski definition) is 3. The van der Waals surface area contributed by atoms with Gasteiger partial charge in [-0.15, -0.1) is 0 Å². The highest BCUT2D eigenvalue weighted by Gasteiger charge is 2.30. The zero-order chi connectivity index (χ0) is 15.0. The van der Waals surface area contributed by atoms with E-state index in [1.54, 1.807) is 11.9 Å². The van der Waals surface area contributed by atoms with Gasteiger partial charge in [0.2, 0.25) is 11.8 Å². The van der Waals surface area contributed by atoms with Crippen LogP contribution in [-0.2, 0) is 9.59 Å². The molecule has 5 heteroatoms. The van der Waals surface area contributed by atoms with Gasteiger partial charge in [0, 0.05) is 19.5 Å². The number of hydrogen-bond donors (Lipinski definition) is 2. The van der Waals surface area contributed by atoms with Crippen LogP contribution in [0.1, 0.15) is 45.4 Å². The molecule has 0 aromatic rings. The second-order valence-corrected chi connectivity index (χ2v) is 5.74. The predicted octanol–water partition coefficient (Wildman–Crippen LogP) is 1.13. The van der Waals surface area contributed by atoms with E-state index in [1.165, 1.54) is 6.42 Å². The Labute approximate surface area is 122 Å². The predicted molar refractivity (Wildman–Crippen MR) is 80.1 cm³/mol. The van der Waals surface area contributed by atoms with Crippen molar-refractivity contribution < 1.29 is 9.59 Å². The van der Waals surface area contributed by atoms with Crippen molar-refractivity contribution in [3.63, 3.8) is 0 Å². The van der Waals surface area contributed by atoms with Crippen molar-refractivity contribution in [2.45, 2.75) is 45.4 Å². The van der Waals surface area contributed by atoms with E-state index in [0.29, 0.717) is 19.0 Å². The molecule has 5 nitrogen and oxygen atoms in total. The summed E-state index contributed by atoms with van der Waals surface area (Å²) in [5.74, 6) is 0.709. The molecule has 2 unspecified atom stereocenters. The summed E-state index contributed by atoms with van der Waals surface area (Å²) in [6.07, 6.45) is 6.05. The lowest BCUT2D eigenvalue weighted by atomic mass is 9.79. The Morgan fingerprint density at radius 2 is 2.10 bits per heavy atom.